The first-order valence-corrected chi connectivity index (χ1v) is 10.8. The van der Waals surface area contributed by atoms with Crippen molar-refractivity contribution in [3.8, 4) is 0 Å². The molecule has 0 radical (unpaired) electrons. The van der Waals surface area contributed by atoms with E-state index >= 15 is 0 Å². The van der Waals surface area contributed by atoms with Crippen molar-refractivity contribution in [1.82, 2.24) is 4.90 Å². The summed E-state index contributed by atoms with van der Waals surface area (Å²) in [4.78, 5) is 39.6. The number of hydrogen-bond donors (Lipinski definition) is 0. The third-order valence-electron chi connectivity index (χ3n) is 5.63. The van der Waals surface area contributed by atoms with E-state index < -0.39 is 42.6 Å². The van der Waals surface area contributed by atoms with E-state index in [-0.39, 0.29) is 12.5 Å². The Hall–Kier alpha value is -3.27. The van der Waals surface area contributed by atoms with Crippen molar-refractivity contribution in [3.05, 3.63) is 71.8 Å². The van der Waals surface area contributed by atoms with Crippen molar-refractivity contribution < 1.29 is 38.1 Å². The lowest BCUT2D eigenvalue weighted by Crippen LogP contribution is -2.66. The summed E-state index contributed by atoms with van der Waals surface area (Å²) in [5.41, 5.74) is 0.626. The molecule has 5 atom stereocenters. The number of carbonyl (C=O) groups is 3. The highest BCUT2D eigenvalue weighted by Crippen LogP contribution is 2.31. The van der Waals surface area contributed by atoms with Gasteiger partial charge in [0.15, 0.2) is 18.5 Å². The molecule has 0 N–H and O–H groups in total. The average Bonchev–Trinajstić information content (AvgIpc) is 2.86. The Kier molecular flexibility index (Phi) is 8.75. The van der Waals surface area contributed by atoms with Gasteiger partial charge in [0.2, 0.25) is 5.91 Å². The van der Waals surface area contributed by atoms with Crippen molar-refractivity contribution in [2.75, 3.05) is 27.9 Å². The van der Waals surface area contributed by atoms with Gasteiger partial charge in [0.1, 0.15) is 12.1 Å². The number of benzene rings is 2. The maximum atomic E-state index is 13.0. The zero-order chi connectivity index (χ0) is 24.7. The third-order valence-corrected chi connectivity index (χ3v) is 5.63. The zero-order valence-electron chi connectivity index (χ0n) is 19.6. The summed E-state index contributed by atoms with van der Waals surface area (Å²) in [5.74, 6) is -1.58. The number of likely N-dealkylation sites (N-methyl/N-ethyl adjacent to an activating group) is 1. The Bertz CT molecular complexity index is 967. The summed E-state index contributed by atoms with van der Waals surface area (Å²) in [7, 11) is 4.43. The van der Waals surface area contributed by atoms with E-state index in [4.69, 9.17) is 23.7 Å². The van der Waals surface area contributed by atoms with E-state index in [0.717, 1.165) is 0 Å². The minimum atomic E-state index is -1.10. The molecule has 0 saturated carbocycles. The van der Waals surface area contributed by atoms with Crippen LogP contribution in [0.15, 0.2) is 60.7 Å². The molecule has 1 aliphatic heterocycles. The predicted molar refractivity (Wildman–Crippen MR) is 121 cm³/mol. The number of hydrogen-bond acceptors (Lipinski definition) is 8. The molecule has 182 valence electrons. The van der Waals surface area contributed by atoms with Crippen molar-refractivity contribution in [2.45, 2.75) is 37.6 Å². The normalized spacial score (nSPS) is 24.2. The van der Waals surface area contributed by atoms with Crippen LogP contribution in [0.25, 0.3) is 0 Å². The first kappa shape index (κ1) is 25.4. The van der Waals surface area contributed by atoms with E-state index in [2.05, 4.69) is 0 Å². The minimum Gasteiger partial charge on any atom is -0.452 e. The van der Waals surface area contributed by atoms with Crippen molar-refractivity contribution in [2.24, 2.45) is 0 Å². The van der Waals surface area contributed by atoms with Gasteiger partial charge in [0.25, 0.3) is 0 Å². The SMILES string of the molecule is COC[C@H]1O[C@@H](OC)[C@H](N(C)C(C)=O)[C@@H](OC(=O)c2ccccc2)[C@@H]1OC(=O)c1ccccc1. The molecule has 0 spiro atoms. The molecule has 2 aromatic rings. The van der Waals surface area contributed by atoms with Crippen LogP contribution in [0.2, 0.25) is 0 Å². The number of carbonyl (C=O) groups excluding carboxylic acids is 3. The predicted octanol–water partition coefficient (Wildman–Crippen LogP) is 2.30. The fourth-order valence-corrected chi connectivity index (χ4v) is 3.81. The van der Waals surface area contributed by atoms with E-state index in [0.29, 0.717) is 11.1 Å². The van der Waals surface area contributed by atoms with Crippen LogP contribution in [0.3, 0.4) is 0 Å². The van der Waals surface area contributed by atoms with Crippen LogP contribution in [0, 0.1) is 0 Å². The third kappa shape index (κ3) is 5.80. The lowest BCUT2D eigenvalue weighted by Gasteiger charge is -2.47. The molecule has 3 rings (SSSR count). The summed E-state index contributed by atoms with van der Waals surface area (Å²) >= 11 is 0. The molecular formula is C25H29NO8. The van der Waals surface area contributed by atoms with Crippen LogP contribution < -0.4 is 0 Å². The average molecular weight is 472 g/mol. The van der Waals surface area contributed by atoms with Crippen LogP contribution in [0.1, 0.15) is 27.6 Å². The van der Waals surface area contributed by atoms with Crippen LogP contribution in [-0.2, 0) is 28.5 Å². The molecule has 9 heteroatoms. The van der Waals surface area contributed by atoms with E-state index in [1.165, 1.54) is 26.0 Å². The maximum absolute atomic E-state index is 13.0. The van der Waals surface area contributed by atoms with Crippen LogP contribution in [0.5, 0.6) is 0 Å². The second-order valence-electron chi connectivity index (χ2n) is 7.83. The summed E-state index contributed by atoms with van der Waals surface area (Å²) in [6, 6.07) is 15.9. The standard InChI is InChI=1S/C25H29NO8/c1-16(27)26(2)20-22(34-24(29)18-13-9-6-10-14-18)21(19(15-30-3)32-25(20)31-4)33-23(28)17-11-7-5-8-12-17/h5-14,19-22,25H,15H2,1-4H3/t19-,20-,21-,22-,25-/m1/s1. The van der Waals surface area contributed by atoms with Gasteiger partial charge in [-0.15, -0.1) is 0 Å². The second kappa shape index (κ2) is 11.7. The summed E-state index contributed by atoms with van der Waals surface area (Å²) in [6.45, 7) is 1.40. The monoisotopic (exact) mass is 471 g/mol. The molecule has 1 aliphatic rings. The van der Waals surface area contributed by atoms with Crippen molar-refractivity contribution in [1.29, 1.82) is 0 Å². The van der Waals surface area contributed by atoms with Crippen molar-refractivity contribution >= 4 is 17.8 Å². The van der Waals surface area contributed by atoms with Crippen LogP contribution in [0.4, 0.5) is 0 Å². The highest BCUT2D eigenvalue weighted by molar-refractivity contribution is 5.90. The maximum Gasteiger partial charge on any atom is 0.338 e. The van der Waals surface area contributed by atoms with Gasteiger partial charge in [-0.3, -0.25) is 4.79 Å². The first-order chi connectivity index (χ1) is 16.4. The van der Waals surface area contributed by atoms with Gasteiger partial charge in [-0.1, -0.05) is 36.4 Å². The van der Waals surface area contributed by atoms with Crippen molar-refractivity contribution in [3.63, 3.8) is 0 Å². The molecule has 1 heterocycles. The minimum absolute atomic E-state index is 0.0302. The fourth-order valence-electron chi connectivity index (χ4n) is 3.81. The lowest BCUT2D eigenvalue weighted by molar-refractivity contribution is -0.276. The van der Waals surface area contributed by atoms with Gasteiger partial charge in [0.05, 0.1) is 17.7 Å². The molecule has 1 fully saturated rings. The summed E-state index contributed by atoms with van der Waals surface area (Å²) in [5, 5.41) is 0. The molecule has 1 saturated heterocycles. The lowest BCUT2D eigenvalue weighted by atomic mass is 9.95. The largest absolute Gasteiger partial charge is 0.452 e. The molecule has 34 heavy (non-hydrogen) atoms. The molecule has 0 unspecified atom stereocenters. The Balaban J connectivity index is 2.01. The fraction of sp³-hybridized carbons (Fsp3) is 0.400. The zero-order valence-corrected chi connectivity index (χ0v) is 19.6. The highest BCUT2D eigenvalue weighted by Gasteiger charge is 2.52. The highest BCUT2D eigenvalue weighted by atomic mass is 16.7. The molecule has 0 bridgehead atoms. The number of amides is 1. The first-order valence-electron chi connectivity index (χ1n) is 10.8. The number of ether oxygens (including phenoxy) is 5. The molecule has 9 nitrogen and oxygen atoms in total. The smallest absolute Gasteiger partial charge is 0.338 e. The number of esters is 2. The Morgan fingerprint density at radius 2 is 1.35 bits per heavy atom. The Morgan fingerprint density at radius 1 is 0.853 bits per heavy atom. The van der Waals surface area contributed by atoms with Gasteiger partial charge < -0.3 is 28.6 Å². The topological polar surface area (TPSA) is 101 Å². The van der Waals surface area contributed by atoms with Gasteiger partial charge >= 0.3 is 11.9 Å². The second-order valence-corrected chi connectivity index (χ2v) is 7.83. The number of rotatable bonds is 8. The van der Waals surface area contributed by atoms with E-state index in [9.17, 15) is 14.4 Å². The van der Waals surface area contributed by atoms with E-state index in [1.807, 2.05) is 0 Å². The van der Waals surface area contributed by atoms with Gasteiger partial charge in [-0.2, -0.15) is 0 Å². The van der Waals surface area contributed by atoms with E-state index in [1.54, 1.807) is 67.7 Å². The quantitative estimate of drug-likeness (QED) is 0.541. The number of methoxy groups -OCH3 is 2. The Labute approximate surface area is 198 Å². The number of nitrogens with zero attached hydrogens (tertiary/aromatic N) is 1. The van der Waals surface area contributed by atoms with Gasteiger partial charge in [-0.25, -0.2) is 9.59 Å². The molecule has 2 aromatic carbocycles. The van der Waals surface area contributed by atoms with Gasteiger partial charge in [0, 0.05) is 28.2 Å². The molecule has 0 aromatic heterocycles. The van der Waals surface area contributed by atoms with Gasteiger partial charge in [-0.05, 0) is 24.3 Å². The molecule has 0 aliphatic carbocycles. The summed E-state index contributed by atoms with van der Waals surface area (Å²) < 4.78 is 28.5. The molecular weight excluding hydrogens is 442 g/mol. The van der Waals surface area contributed by atoms with Crippen LogP contribution >= 0.6 is 0 Å². The molecule has 1 amide bonds. The van der Waals surface area contributed by atoms with Crippen LogP contribution in [-0.4, -0.2) is 81.3 Å². The summed E-state index contributed by atoms with van der Waals surface area (Å²) in [6.07, 6.45) is -3.98. The Morgan fingerprint density at radius 3 is 1.79 bits per heavy atom.